The molecule has 0 fully saturated rings. The quantitative estimate of drug-likeness (QED) is 0.858. The highest BCUT2D eigenvalue weighted by molar-refractivity contribution is 6.00. The lowest BCUT2D eigenvalue weighted by Crippen LogP contribution is -2.20. The number of nitrogens with two attached hydrogens (primary N) is 1. The van der Waals surface area contributed by atoms with E-state index in [-0.39, 0.29) is 0 Å². The van der Waals surface area contributed by atoms with Gasteiger partial charge in [0.15, 0.2) is 0 Å². The summed E-state index contributed by atoms with van der Waals surface area (Å²) in [6, 6.07) is 7.36. The average Bonchev–Trinajstić information content (AvgIpc) is 2.83. The molecule has 0 atom stereocenters. The molecule has 2 aromatic rings. The van der Waals surface area contributed by atoms with Crippen LogP contribution in [0.25, 0.3) is 0 Å². The van der Waals surface area contributed by atoms with Gasteiger partial charge in [0, 0.05) is 18.9 Å². The lowest BCUT2D eigenvalue weighted by Gasteiger charge is -2.18. The SMILES string of the molecule is NC(=O)c1cccc2c1N(c1ncccn1)CC2. The van der Waals surface area contributed by atoms with Crippen molar-refractivity contribution >= 4 is 17.5 Å². The number of primary amides is 1. The van der Waals surface area contributed by atoms with Crippen molar-refractivity contribution in [1.82, 2.24) is 9.97 Å². The summed E-state index contributed by atoms with van der Waals surface area (Å²) in [6.45, 7) is 0.767. The monoisotopic (exact) mass is 240 g/mol. The Balaban J connectivity index is 2.14. The summed E-state index contributed by atoms with van der Waals surface area (Å²) in [5.74, 6) is 0.180. The molecule has 2 heterocycles. The largest absolute Gasteiger partial charge is 0.366 e. The Bertz CT molecular complexity index is 597. The van der Waals surface area contributed by atoms with Gasteiger partial charge in [0.1, 0.15) is 0 Å². The third-order valence-electron chi connectivity index (χ3n) is 3.05. The van der Waals surface area contributed by atoms with E-state index < -0.39 is 5.91 Å². The summed E-state index contributed by atoms with van der Waals surface area (Å²) in [5, 5.41) is 0. The van der Waals surface area contributed by atoms with Gasteiger partial charge in [-0.15, -0.1) is 0 Å². The predicted octanol–water partition coefficient (Wildman–Crippen LogP) is 1.27. The van der Waals surface area contributed by atoms with Gasteiger partial charge in [-0.2, -0.15) is 0 Å². The normalized spacial score (nSPS) is 13.4. The summed E-state index contributed by atoms with van der Waals surface area (Å²) in [7, 11) is 0. The van der Waals surface area contributed by atoms with Gasteiger partial charge in [-0.1, -0.05) is 12.1 Å². The van der Waals surface area contributed by atoms with Crippen LogP contribution < -0.4 is 10.6 Å². The van der Waals surface area contributed by atoms with Crippen LogP contribution in [0.3, 0.4) is 0 Å². The molecule has 0 bridgehead atoms. The van der Waals surface area contributed by atoms with Crippen molar-refractivity contribution in [3.63, 3.8) is 0 Å². The van der Waals surface area contributed by atoms with Crippen molar-refractivity contribution in [2.45, 2.75) is 6.42 Å². The van der Waals surface area contributed by atoms with Crippen molar-refractivity contribution in [1.29, 1.82) is 0 Å². The first-order valence-corrected chi connectivity index (χ1v) is 5.73. The maximum absolute atomic E-state index is 11.5. The fourth-order valence-corrected chi connectivity index (χ4v) is 2.29. The van der Waals surface area contributed by atoms with Crippen LogP contribution in [0.4, 0.5) is 11.6 Å². The van der Waals surface area contributed by atoms with Gasteiger partial charge >= 0.3 is 0 Å². The van der Waals surface area contributed by atoms with E-state index in [0.717, 1.165) is 24.2 Å². The zero-order valence-corrected chi connectivity index (χ0v) is 9.71. The number of rotatable bonds is 2. The molecule has 0 saturated heterocycles. The van der Waals surface area contributed by atoms with Crippen molar-refractivity contribution in [2.24, 2.45) is 5.73 Å². The number of hydrogen-bond acceptors (Lipinski definition) is 4. The molecule has 1 amide bonds. The summed E-state index contributed by atoms with van der Waals surface area (Å²) in [5.41, 5.74) is 7.90. The van der Waals surface area contributed by atoms with Crippen molar-refractivity contribution in [3.8, 4) is 0 Å². The standard InChI is InChI=1S/C13H12N4O/c14-12(18)10-4-1-3-9-5-8-17(11(9)10)13-15-6-2-7-16-13/h1-4,6-7H,5,8H2,(H2,14,18). The Morgan fingerprint density at radius 3 is 2.72 bits per heavy atom. The van der Waals surface area contributed by atoms with Crippen LogP contribution in [0, 0.1) is 0 Å². The van der Waals surface area contributed by atoms with Crippen molar-refractivity contribution in [2.75, 3.05) is 11.4 Å². The number of amides is 1. The van der Waals surface area contributed by atoms with Gasteiger partial charge in [0.05, 0.1) is 11.3 Å². The number of carbonyl (C=O) groups is 1. The van der Waals surface area contributed by atoms with Crippen LogP contribution in [-0.4, -0.2) is 22.4 Å². The van der Waals surface area contributed by atoms with Gasteiger partial charge < -0.3 is 10.6 Å². The van der Waals surface area contributed by atoms with E-state index in [1.807, 2.05) is 17.0 Å². The number of nitrogens with zero attached hydrogens (tertiary/aromatic N) is 3. The van der Waals surface area contributed by atoms with Crippen LogP contribution in [0.2, 0.25) is 0 Å². The molecular weight excluding hydrogens is 228 g/mol. The van der Waals surface area contributed by atoms with Gasteiger partial charge in [-0.25, -0.2) is 9.97 Å². The molecule has 0 unspecified atom stereocenters. The van der Waals surface area contributed by atoms with Gasteiger partial charge in [-0.3, -0.25) is 4.79 Å². The molecule has 5 nitrogen and oxygen atoms in total. The van der Waals surface area contributed by atoms with Crippen molar-refractivity contribution < 1.29 is 4.79 Å². The van der Waals surface area contributed by atoms with Crippen molar-refractivity contribution in [3.05, 3.63) is 47.8 Å². The van der Waals surface area contributed by atoms with Crippen LogP contribution >= 0.6 is 0 Å². The third kappa shape index (κ3) is 1.60. The van der Waals surface area contributed by atoms with Gasteiger partial charge in [0.25, 0.3) is 5.91 Å². The van der Waals surface area contributed by atoms with E-state index >= 15 is 0 Å². The number of anilines is 2. The van der Waals surface area contributed by atoms with E-state index in [4.69, 9.17) is 5.73 Å². The minimum Gasteiger partial charge on any atom is -0.366 e. The minimum absolute atomic E-state index is 0.422. The number of fused-ring (bicyclic) bond motifs is 1. The first-order valence-electron chi connectivity index (χ1n) is 5.73. The average molecular weight is 240 g/mol. The first-order chi connectivity index (χ1) is 8.77. The molecular formula is C13H12N4O. The molecule has 3 rings (SSSR count). The number of benzene rings is 1. The molecule has 90 valence electrons. The summed E-state index contributed by atoms with van der Waals surface area (Å²) < 4.78 is 0. The second kappa shape index (κ2) is 4.10. The number of hydrogen-bond donors (Lipinski definition) is 1. The fourth-order valence-electron chi connectivity index (χ4n) is 2.29. The molecule has 0 radical (unpaired) electrons. The van der Waals surface area contributed by atoms with E-state index in [9.17, 15) is 4.79 Å². The Morgan fingerprint density at radius 2 is 2.00 bits per heavy atom. The van der Waals surface area contributed by atoms with Crippen LogP contribution in [0.15, 0.2) is 36.7 Å². The zero-order chi connectivity index (χ0) is 12.5. The molecule has 0 spiro atoms. The summed E-state index contributed by atoms with van der Waals surface area (Å²) >= 11 is 0. The summed E-state index contributed by atoms with van der Waals surface area (Å²) in [4.78, 5) is 21.9. The smallest absolute Gasteiger partial charge is 0.250 e. The second-order valence-electron chi connectivity index (χ2n) is 4.13. The topological polar surface area (TPSA) is 72.1 Å². The Morgan fingerprint density at radius 1 is 1.22 bits per heavy atom. The maximum Gasteiger partial charge on any atom is 0.250 e. The molecule has 0 saturated carbocycles. The molecule has 0 aliphatic carbocycles. The third-order valence-corrected chi connectivity index (χ3v) is 3.05. The van der Waals surface area contributed by atoms with Gasteiger partial charge in [0.2, 0.25) is 5.95 Å². The Kier molecular flexibility index (Phi) is 2.44. The van der Waals surface area contributed by atoms with Crippen LogP contribution in [0.1, 0.15) is 15.9 Å². The predicted molar refractivity (Wildman–Crippen MR) is 67.7 cm³/mol. The van der Waals surface area contributed by atoms with Crippen LogP contribution in [-0.2, 0) is 6.42 Å². The van der Waals surface area contributed by atoms with E-state index in [2.05, 4.69) is 9.97 Å². The molecule has 1 aliphatic heterocycles. The second-order valence-corrected chi connectivity index (χ2v) is 4.13. The maximum atomic E-state index is 11.5. The van der Waals surface area contributed by atoms with Gasteiger partial charge in [-0.05, 0) is 24.1 Å². The molecule has 18 heavy (non-hydrogen) atoms. The van der Waals surface area contributed by atoms with Crippen LogP contribution in [0.5, 0.6) is 0 Å². The van der Waals surface area contributed by atoms with E-state index in [1.54, 1.807) is 24.5 Å². The minimum atomic E-state index is -0.422. The zero-order valence-electron chi connectivity index (χ0n) is 9.71. The Hall–Kier alpha value is -2.43. The molecule has 1 aromatic heterocycles. The lowest BCUT2D eigenvalue weighted by atomic mass is 10.1. The number of carbonyl (C=O) groups excluding carboxylic acids is 1. The summed E-state index contributed by atoms with van der Waals surface area (Å²) in [6.07, 6.45) is 4.25. The highest BCUT2D eigenvalue weighted by Gasteiger charge is 2.26. The highest BCUT2D eigenvalue weighted by atomic mass is 16.1. The number of para-hydroxylation sites is 1. The molecule has 1 aliphatic rings. The lowest BCUT2D eigenvalue weighted by molar-refractivity contribution is 0.100. The van der Waals surface area contributed by atoms with E-state index in [1.165, 1.54) is 0 Å². The molecule has 2 N–H and O–H groups in total. The molecule has 5 heteroatoms. The van der Waals surface area contributed by atoms with E-state index in [0.29, 0.717) is 11.5 Å². The number of aromatic nitrogens is 2. The fraction of sp³-hybridized carbons (Fsp3) is 0.154. The first kappa shape index (κ1) is 10.7. The Labute approximate surface area is 104 Å². The molecule has 1 aromatic carbocycles. The highest BCUT2D eigenvalue weighted by Crippen LogP contribution is 2.35.